The van der Waals surface area contributed by atoms with Crippen molar-refractivity contribution in [1.29, 1.82) is 0 Å². The van der Waals surface area contributed by atoms with Crippen molar-refractivity contribution >= 4 is 0 Å². The molecule has 0 radical (unpaired) electrons. The molecule has 3 unspecified atom stereocenters. The molecule has 3 atom stereocenters. The molecular weight excluding hydrogens is 132 g/mol. The van der Waals surface area contributed by atoms with Gasteiger partial charge in [-0.1, -0.05) is 6.92 Å². The molecule has 3 aliphatic carbocycles. The van der Waals surface area contributed by atoms with Crippen LogP contribution in [0.2, 0.25) is 0 Å². The summed E-state index contributed by atoms with van der Waals surface area (Å²) in [5.41, 5.74) is 0.839. The van der Waals surface area contributed by atoms with Crippen LogP contribution in [-0.2, 0) is 0 Å². The summed E-state index contributed by atoms with van der Waals surface area (Å²) in [6, 6.07) is 0. The van der Waals surface area contributed by atoms with E-state index in [4.69, 9.17) is 0 Å². The fourth-order valence-corrected chi connectivity index (χ4v) is 3.17. The number of hydrogen-bond acceptors (Lipinski definition) is 0. The number of hydrogen-bond donors (Lipinski definition) is 0. The molecule has 0 heteroatoms. The van der Waals surface area contributed by atoms with E-state index in [1.807, 2.05) is 0 Å². The Hall–Kier alpha value is 0. The van der Waals surface area contributed by atoms with Crippen molar-refractivity contribution in [2.75, 3.05) is 0 Å². The van der Waals surface area contributed by atoms with Gasteiger partial charge in [-0.25, -0.2) is 0 Å². The average Bonchev–Trinajstić information content (AvgIpc) is 2.78. The third-order valence-electron chi connectivity index (χ3n) is 4.50. The Bertz CT molecular complexity index is 180. The SMILES string of the molecule is CC12CCC(C3CC3)CC1C2. The predicted molar refractivity (Wildman–Crippen MR) is 46.3 cm³/mol. The summed E-state index contributed by atoms with van der Waals surface area (Å²) in [7, 11) is 0. The fraction of sp³-hybridized carbons (Fsp3) is 1.00. The van der Waals surface area contributed by atoms with Crippen LogP contribution < -0.4 is 0 Å². The van der Waals surface area contributed by atoms with Gasteiger partial charge in [0, 0.05) is 0 Å². The monoisotopic (exact) mass is 150 g/mol. The Morgan fingerprint density at radius 1 is 1.09 bits per heavy atom. The van der Waals surface area contributed by atoms with E-state index in [0.717, 1.165) is 17.3 Å². The van der Waals surface area contributed by atoms with Crippen LogP contribution in [0.25, 0.3) is 0 Å². The van der Waals surface area contributed by atoms with Gasteiger partial charge in [0.2, 0.25) is 0 Å². The first-order chi connectivity index (χ1) is 5.28. The molecule has 0 heterocycles. The molecule has 3 fully saturated rings. The van der Waals surface area contributed by atoms with E-state index >= 15 is 0 Å². The van der Waals surface area contributed by atoms with Crippen LogP contribution in [0.1, 0.15) is 45.4 Å². The van der Waals surface area contributed by atoms with Gasteiger partial charge in [0.1, 0.15) is 0 Å². The van der Waals surface area contributed by atoms with Crippen molar-refractivity contribution in [3.63, 3.8) is 0 Å². The first-order valence-corrected chi connectivity index (χ1v) is 5.28. The van der Waals surface area contributed by atoms with Crippen molar-refractivity contribution in [1.82, 2.24) is 0 Å². The maximum absolute atomic E-state index is 2.50. The predicted octanol–water partition coefficient (Wildman–Crippen LogP) is 3.22. The summed E-state index contributed by atoms with van der Waals surface area (Å²) in [6.45, 7) is 2.50. The van der Waals surface area contributed by atoms with Gasteiger partial charge in [-0.3, -0.25) is 0 Å². The smallest absolute Gasteiger partial charge is 0.0294 e. The van der Waals surface area contributed by atoms with E-state index in [1.165, 1.54) is 5.92 Å². The lowest BCUT2D eigenvalue weighted by atomic mass is 9.80. The van der Waals surface area contributed by atoms with Crippen molar-refractivity contribution in [2.24, 2.45) is 23.2 Å². The minimum Gasteiger partial charge on any atom is -0.0594 e. The van der Waals surface area contributed by atoms with Gasteiger partial charge in [-0.2, -0.15) is 0 Å². The molecule has 11 heavy (non-hydrogen) atoms. The minimum atomic E-state index is 0.839. The molecular formula is C11H18. The van der Waals surface area contributed by atoms with Crippen LogP contribution in [0.5, 0.6) is 0 Å². The van der Waals surface area contributed by atoms with Gasteiger partial charge in [0.15, 0.2) is 0 Å². The van der Waals surface area contributed by atoms with Crippen LogP contribution in [-0.4, -0.2) is 0 Å². The maximum atomic E-state index is 2.50. The Morgan fingerprint density at radius 3 is 2.55 bits per heavy atom. The summed E-state index contributed by atoms with van der Waals surface area (Å²) in [6.07, 6.45) is 9.41. The lowest BCUT2D eigenvalue weighted by molar-refractivity contribution is 0.255. The molecule has 0 spiro atoms. The highest BCUT2D eigenvalue weighted by Crippen LogP contribution is 2.64. The van der Waals surface area contributed by atoms with Gasteiger partial charge in [0.25, 0.3) is 0 Å². The molecule has 3 rings (SSSR count). The third-order valence-corrected chi connectivity index (χ3v) is 4.50. The number of rotatable bonds is 1. The van der Waals surface area contributed by atoms with E-state index in [1.54, 1.807) is 38.5 Å². The van der Waals surface area contributed by atoms with E-state index < -0.39 is 0 Å². The molecule has 0 nitrogen and oxygen atoms in total. The van der Waals surface area contributed by atoms with E-state index in [-0.39, 0.29) is 0 Å². The summed E-state index contributed by atoms with van der Waals surface area (Å²) in [5, 5.41) is 0. The normalized spacial score (nSPS) is 55.4. The van der Waals surface area contributed by atoms with Crippen molar-refractivity contribution in [3.05, 3.63) is 0 Å². The molecule has 3 aliphatic rings. The molecule has 0 aliphatic heterocycles. The Kier molecular flexibility index (Phi) is 1.09. The Morgan fingerprint density at radius 2 is 1.91 bits per heavy atom. The van der Waals surface area contributed by atoms with Gasteiger partial charge < -0.3 is 0 Å². The zero-order chi connectivity index (χ0) is 7.47. The van der Waals surface area contributed by atoms with Crippen molar-refractivity contribution < 1.29 is 0 Å². The molecule has 0 bridgehead atoms. The quantitative estimate of drug-likeness (QED) is 0.538. The second-order valence-corrected chi connectivity index (χ2v) is 5.43. The van der Waals surface area contributed by atoms with Gasteiger partial charge in [-0.05, 0) is 61.7 Å². The van der Waals surface area contributed by atoms with Gasteiger partial charge in [0.05, 0.1) is 0 Å². The molecule has 0 amide bonds. The lowest BCUT2D eigenvalue weighted by Gasteiger charge is -2.25. The molecule has 0 aromatic rings. The zero-order valence-corrected chi connectivity index (χ0v) is 7.47. The van der Waals surface area contributed by atoms with Crippen LogP contribution >= 0.6 is 0 Å². The highest BCUT2D eigenvalue weighted by atomic mass is 14.6. The molecule has 3 saturated carbocycles. The Labute approximate surface area is 69.4 Å². The van der Waals surface area contributed by atoms with Gasteiger partial charge in [-0.15, -0.1) is 0 Å². The molecule has 0 aromatic carbocycles. The molecule has 0 saturated heterocycles. The summed E-state index contributed by atoms with van der Waals surface area (Å²) < 4.78 is 0. The number of fused-ring (bicyclic) bond motifs is 1. The maximum Gasteiger partial charge on any atom is -0.0294 e. The minimum absolute atomic E-state index is 0.839. The van der Waals surface area contributed by atoms with Crippen LogP contribution in [0.15, 0.2) is 0 Å². The lowest BCUT2D eigenvalue weighted by Crippen LogP contribution is -2.15. The second kappa shape index (κ2) is 1.84. The van der Waals surface area contributed by atoms with E-state index in [0.29, 0.717) is 0 Å². The van der Waals surface area contributed by atoms with E-state index in [2.05, 4.69) is 6.92 Å². The topological polar surface area (TPSA) is 0 Å². The standard InChI is InChI=1S/C11H18/c1-11-5-4-9(8-2-3-8)6-10(11)7-11/h8-10H,2-7H2,1H3. The highest BCUT2D eigenvalue weighted by molar-refractivity contribution is 5.04. The summed E-state index contributed by atoms with van der Waals surface area (Å²) in [5.74, 6) is 3.50. The first kappa shape index (κ1) is 6.51. The van der Waals surface area contributed by atoms with Crippen molar-refractivity contribution in [2.45, 2.75) is 45.4 Å². The zero-order valence-electron chi connectivity index (χ0n) is 7.47. The largest absolute Gasteiger partial charge is 0.0594 e. The summed E-state index contributed by atoms with van der Waals surface area (Å²) >= 11 is 0. The van der Waals surface area contributed by atoms with E-state index in [9.17, 15) is 0 Å². The molecule has 0 aromatic heterocycles. The first-order valence-electron chi connectivity index (χ1n) is 5.28. The summed E-state index contributed by atoms with van der Waals surface area (Å²) in [4.78, 5) is 0. The van der Waals surface area contributed by atoms with Crippen molar-refractivity contribution in [3.8, 4) is 0 Å². The van der Waals surface area contributed by atoms with Crippen LogP contribution in [0.3, 0.4) is 0 Å². The molecule has 62 valence electrons. The fourth-order valence-electron chi connectivity index (χ4n) is 3.17. The highest BCUT2D eigenvalue weighted by Gasteiger charge is 2.54. The van der Waals surface area contributed by atoms with Crippen LogP contribution in [0, 0.1) is 23.2 Å². The average molecular weight is 150 g/mol. The molecule has 0 N–H and O–H groups in total. The van der Waals surface area contributed by atoms with Crippen LogP contribution in [0.4, 0.5) is 0 Å². The Balaban J connectivity index is 1.67. The third kappa shape index (κ3) is 0.947. The second-order valence-electron chi connectivity index (χ2n) is 5.43. The van der Waals surface area contributed by atoms with Gasteiger partial charge >= 0.3 is 0 Å².